The van der Waals surface area contributed by atoms with Crippen LogP contribution in [0.3, 0.4) is 0 Å². The van der Waals surface area contributed by atoms with Gasteiger partial charge in [-0.3, -0.25) is 14.6 Å². The number of aromatic nitrogens is 2. The van der Waals surface area contributed by atoms with Crippen molar-refractivity contribution >= 4 is 23.2 Å². The smallest absolute Gasteiger partial charge is 0.254 e. The molecule has 2 amide bonds. The van der Waals surface area contributed by atoms with Gasteiger partial charge in [-0.1, -0.05) is 56.3 Å². The van der Waals surface area contributed by atoms with Gasteiger partial charge in [0, 0.05) is 53.7 Å². The largest absolute Gasteiger partial charge is 0.390 e. The standard InChI is InChI=1S/C36H43N5O3S/c1-23(2)29-18-30(20-37-19-29)25(4)38-21-33(42)31(16-26-10-6-5-7-11-26)40-34(43)27-12-8-13-28(17-27)36(44)41-15-9-14-32(41)35-39-24(3)22-45-35/h5-8,10-13,17-20,22-23,25,31-33,38,42H,9,14-16,21H2,1-4H3,(H,40,43)/t25-,31+,32-,33-/m1/s1. The lowest BCUT2D eigenvalue weighted by molar-refractivity contribution is 0.0735. The summed E-state index contributed by atoms with van der Waals surface area (Å²) in [5, 5.41) is 20.8. The molecule has 0 unspecified atom stereocenters. The average Bonchev–Trinajstić information content (AvgIpc) is 3.72. The van der Waals surface area contributed by atoms with Gasteiger partial charge in [0.15, 0.2) is 0 Å². The molecule has 45 heavy (non-hydrogen) atoms. The molecule has 1 aliphatic rings. The minimum absolute atomic E-state index is 0.0377. The number of thiazole rings is 1. The molecule has 0 spiro atoms. The average molecular weight is 626 g/mol. The number of aliphatic hydroxyl groups is 1. The number of hydrogen-bond acceptors (Lipinski definition) is 7. The van der Waals surface area contributed by atoms with Crippen molar-refractivity contribution in [3.8, 4) is 0 Å². The van der Waals surface area contributed by atoms with Crippen LogP contribution in [-0.4, -0.2) is 57.0 Å². The lowest BCUT2D eigenvalue weighted by atomic mass is 9.99. The summed E-state index contributed by atoms with van der Waals surface area (Å²) in [5.41, 5.74) is 5.02. The first-order chi connectivity index (χ1) is 21.7. The maximum Gasteiger partial charge on any atom is 0.254 e. The first-order valence-electron chi connectivity index (χ1n) is 15.7. The normalized spacial score (nSPS) is 16.8. The Morgan fingerprint density at radius 1 is 1.02 bits per heavy atom. The molecule has 4 atom stereocenters. The minimum Gasteiger partial charge on any atom is -0.390 e. The molecule has 0 radical (unpaired) electrons. The predicted molar refractivity (Wildman–Crippen MR) is 178 cm³/mol. The van der Waals surface area contributed by atoms with Crippen LogP contribution in [0.5, 0.6) is 0 Å². The second-order valence-corrected chi connectivity index (χ2v) is 13.1. The summed E-state index contributed by atoms with van der Waals surface area (Å²) in [5.74, 6) is -0.0660. The molecule has 2 aromatic carbocycles. The fraction of sp³-hybridized carbons (Fsp3) is 0.389. The van der Waals surface area contributed by atoms with Crippen LogP contribution < -0.4 is 10.6 Å². The van der Waals surface area contributed by atoms with Crippen LogP contribution in [0.2, 0.25) is 0 Å². The van der Waals surface area contributed by atoms with E-state index in [1.165, 1.54) is 0 Å². The monoisotopic (exact) mass is 625 g/mol. The molecule has 1 saturated heterocycles. The van der Waals surface area contributed by atoms with E-state index in [0.29, 0.717) is 30.0 Å². The first kappa shape index (κ1) is 32.5. The van der Waals surface area contributed by atoms with E-state index in [1.807, 2.05) is 66.9 Å². The van der Waals surface area contributed by atoms with Crippen LogP contribution in [0.1, 0.15) is 99.7 Å². The number of amides is 2. The fourth-order valence-corrected chi connectivity index (χ4v) is 6.68. The van der Waals surface area contributed by atoms with Crippen molar-refractivity contribution in [3.63, 3.8) is 0 Å². The number of carbonyl (C=O) groups excluding carboxylic acids is 2. The quantitative estimate of drug-likeness (QED) is 0.178. The van der Waals surface area contributed by atoms with Gasteiger partial charge in [-0.25, -0.2) is 4.98 Å². The number of aryl methyl sites for hydroxylation is 1. The topological polar surface area (TPSA) is 107 Å². The van der Waals surface area contributed by atoms with Gasteiger partial charge in [-0.2, -0.15) is 0 Å². The summed E-state index contributed by atoms with van der Waals surface area (Å²) in [4.78, 5) is 38.1. The van der Waals surface area contributed by atoms with E-state index in [0.717, 1.165) is 40.2 Å². The van der Waals surface area contributed by atoms with Crippen molar-refractivity contribution in [2.75, 3.05) is 13.1 Å². The van der Waals surface area contributed by atoms with Crippen molar-refractivity contribution in [3.05, 3.63) is 117 Å². The Labute approximate surface area is 269 Å². The highest BCUT2D eigenvalue weighted by Gasteiger charge is 2.33. The van der Waals surface area contributed by atoms with E-state index in [-0.39, 0.29) is 30.4 Å². The Balaban J connectivity index is 1.28. The minimum atomic E-state index is -0.866. The summed E-state index contributed by atoms with van der Waals surface area (Å²) in [6.07, 6.45) is 5.11. The Morgan fingerprint density at radius 2 is 1.78 bits per heavy atom. The predicted octanol–water partition coefficient (Wildman–Crippen LogP) is 6.00. The van der Waals surface area contributed by atoms with Crippen LogP contribution in [0.4, 0.5) is 0 Å². The Hall–Kier alpha value is -3.92. The number of nitrogens with one attached hydrogen (secondary N) is 2. The third kappa shape index (κ3) is 8.22. The molecule has 0 aliphatic carbocycles. The summed E-state index contributed by atoms with van der Waals surface area (Å²) in [6, 6.07) is 18.2. The molecule has 2 aromatic heterocycles. The molecule has 5 rings (SSSR count). The van der Waals surface area contributed by atoms with Crippen LogP contribution in [0, 0.1) is 6.92 Å². The van der Waals surface area contributed by atoms with E-state index in [2.05, 4.69) is 40.5 Å². The van der Waals surface area contributed by atoms with E-state index in [4.69, 9.17) is 0 Å². The number of pyridine rings is 1. The number of hydrogen-bond donors (Lipinski definition) is 3. The zero-order valence-electron chi connectivity index (χ0n) is 26.4. The van der Waals surface area contributed by atoms with E-state index < -0.39 is 12.1 Å². The van der Waals surface area contributed by atoms with E-state index >= 15 is 0 Å². The number of carbonyl (C=O) groups is 2. The molecule has 1 aliphatic heterocycles. The molecular formula is C36H43N5O3S. The van der Waals surface area contributed by atoms with Crippen LogP contribution in [0.25, 0.3) is 0 Å². The molecular weight excluding hydrogens is 582 g/mol. The molecule has 9 heteroatoms. The number of likely N-dealkylation sites (tertiary alicyclic amines) is 1. The van der Waals surface area contributed by atoms with Gasteiger partial charge in [-0.15, -0.1) is 11.3 Å². The SMILES string of the molecule is Cc1csc([C@H]2CCCN2C(=O)c2cccc(C(=O)N[C@@H](Cc3ccccc3)[C@H](O)CN[C@H](C)c3cncc(C(C)C)c3)c2)n1. The summed E-state index contributed by atoms with van der Waals surface area (Å²) >= 11 is 1.59. The van der Waals surface area contributed by atoms with Gasteiger partial charge in [-0.05, 0) is 73.9 Å². The molecule has 0 bridgehead atoms. The van der Waals surface area contributed by atoms with Crippen molar-refractivity contribution in [1.29, 1.82) is 0 Å². The van der Waals surface area contributed by atoms with Crippen LogP contribution in [-0.2, 0) is 6.42 Å². The first-order valence-corrected chi connectivity index (χ1v) is 16.6. The molecule has 3 heterocycles. The van der Waals surface area contributed by atoms with Gasteiger partial charge in [0.2, 0.25) is 0 Å². The van der Waals surface area contributed by atoms with Crippen molar-refractivity contribution in [2.24, 2.45) is 0 Å². The number of aliphatic hydroxyl groups excluding tert-OH is 1. The highest BCUT2D eigenvalue weighted by atomic mass is 32.1. The molecule has 236 valence electrons. The maximum absolute atomic E-state index is 13.6. The highest BCUT2D eigenvalue weighted by molar-refractivity contribution is 7.09. The van der Waals surface area contributed by atoms with Gasteiger partial charge < -0.3 is 20.6 Å². The van der Waals surface area contributed by atoms with Crippen molar-refractivity contribution < 1.29 is 14.7 Å². The van der Waals surface area contributed by atoms with E-state index in [9.17, 15) is 14.7 Å². The Morgan fingerprint density at radius 3 is 2.51 bits per heavy atom. The van der Waals surface area contributed by atoms with Crippen molar-refractivity contribution in [2.45, 2.75) is 77.1 Å². The number of benzene rings is 2. The Kier molecular flexibility index (Phi) is 10.8. The molecule has 0 saturated carbocycles. The fourth-order valence-electron chi connectivity index (χ4n) is 5.74. The van der Waals surface area contributed by atoms with Crippen LogP contribution in [0.15, 0.2) is 78.4 Å². The lowest BCUT2D eigenvalue weighted by Gasteiger charge is -2.27. The zero-order chi connectivity index (χ0) is 31.9. The van der Waals surface area contributed by atoms with Crippen molar-refractivity contribution in [1.82, 2.24) is 25.5 Å². The third-order valence-corrected chi connectivity index (χ3v) is 9.53. The highest BCUT2D eigenvalue weighted by Crippen LogP contribution is 2.34. The van der Waals surface area contributed by atoms with Crippen LogP contribution >= 0.6 is 11.3 Å². The summed E-state index contributed by atoms with van der Waals surface area (Å²) < 4.78 is 0. The third-order valence-electron chi connectivity index (χ3n) is 8.47. The second-order valence-electron chi connectivity index (χ2n) is 12.2. The van der Waals surface area contributed by atoms with Gasteiger partial charge in [0.25, 0.3) is 11.8 Å². The molecule has 3 N–H and O–H groups in total. The van der Waals surface area contributed by atoms with Gasteiger partial charge in [0.1, 0.15) is 5.01 Å². The summed E-state index contributed by atoms with van der Waals surface area (Å²) in [6.45, 7) is 9.21. The summed E-state index contributed by atoms with van der Waals surface area (Å²) in [7, 11) is 0. The molecule has 8 nitrogen and oxygen atoms in total. The molecule has 1 fully saturated rings. The Bertz CT molecular complexity index is 1590. The number of rotatable bonds is 12. The zero-order valence-corrected chi connectivity index (χ0v) is 27.3. The second kappa shape index (κ2) is 14.9. The number of nitrogens with zero attached hydrogens (tertiary/aromatic N) is 3. The maximum atomic E-state index is 13.6. The molecule has 4 aromatic rings. The van der Waals surface area contributed by atoms with E-state index in [1.54, 1.807) is 35.6 Å². The van der Waals surface area contributed by atoms with Gasteiger partial charge >= 0.3 is 0 Å². The lowest BCUT2D eigenvalue weighted by Crippen LogP contribution is -2.49. The van der Waals surface area contributed by atoms with Gasteiger partial charge in [0.05, 0.1) is 18.2 Å².